The molecule has 0 aliphatic carbocycles. The summed E-state index contributed by atoms with van der Waals surface area (Å²) in [5, 5.41) is 6.78. The molecule has 1 atom stereocenters. The summed E-state index contributed by atoms with van der Waals surface area (Å²) in [7, 11) is 0. The first kappa shape index (κ1) is 20.7. The van der Waals surface area contributed by atoms with Gasteiger partial charge in [-0.25, -0.2) is 4.39 Å². The highest BCUT2D eigenvalue weighted by Crippen LogP contribution is 2.27. The van der Waals surface area contributed by atoms with Crippen molar-refractivity contribution in [2.75, 3.05) is 6.54 Å². The van der Waals surface area contributed by atoms with Gasteiger partial charge in [0.15, 0.2) is 5.82 Å². The number of carbonyl (C=O) groups excluding carboxylic acids is 2. The van der Waals surface area contributed by atoms with Gasteiger partial charge in [-0.1, -0.05) is 47.6 Å². The van der Waals surface area contributed by atoms with E-state index in [9.17, 15) is 14.0 Å². The molecule has 0 bridgehead atoms. The highest BCUT2D eigenvalue weighted by atomic mass is 19.1. The first-order chi connectivity index (χ1) is 15.1. The molecule has 2 heterocycles. The maximum atomic E-state index is 13.1. The van der Waals surface area contributed by atoms with Crippen molar-refractivity contribution in [1.82, 2.24) is 20.4 Å². The smallest absolute Gasteiger partial charge is 0.246 e. The number of nitrogens with one attached hydrogen (secondary N) is 1. The molecule has 160 valence electrons. The second kappa shape index (κ2) is 9.51. The minimum Gasteiger partial charge on any atom is -0.347 e. The standard InChI is InChI=1S/C23H23FN4O3/c24-19-9-6-17(7-10-19)14-28-15-18(12-22(28)30)23-26-21(31-27-23)13-25-20(29)11-8-16-4-2-1-3-5-16/h1-7,9-10,18H,8,11-15H2,(H,25,29)/t18-/m1/s1. The van der Waals surface area contributed by atoms with Crippen molar-refractivity contribution in [2.24, 2.45) is 0 Å². The van der Waals surface area contributed by atoms with E-state index in [-0.39, 0.29) is 30.1 Å². The largest absolute Gasteiger partial charge is 0.347 e. The Morgan fingerprint density at radius 1 is 1.13 bits per heavy atom. The molecule has 0 unspecified atom stereocenters. The molecule has 3 aromatic rings. The Morgan fingerprint density at radius 3 is 2.68 bits per heavy atom. The third-order valence-corrected chi connectivity index (χ3v) is 5.27. The summed E-state index contributed by atoms with van der Waals surface area (Å²) in [6, 6.07) is 15.9. The second-order valence-corrected chi connectivity index (χ2v) is 7.61. The zero-order valence-corrected chi connectivity index (χ0v) is 17.0. The highest BCUT2D eigenvalue weighted by molar-refractivity contribution is 5.79. The summed E-state index contributed by atoms with van der Waals surface area (Å²) in [6.45, 7) is 1.04. The SMILES string of the molecule is O=C(CCc1ccccc1)NCc1nc([C@@H]2CC(=O)N(Cc3ccc(F)cc3)C2)no1. The number of rotatable bonds is 8. The van der Waals surface area contributed by atoms with Crippen molar-refractivity contribution in [3.63, 3.8) is 0 Å². The summed E-state index contributed by atoms with van der Waals surface area (Å²) in [6.07, 6.45) is 1.33. The van der Waals surface area contributed by atoms with Crippen LogP contribution in [0.4, 0.5) is 4.39 Å². The van der Waals surface area contributed by atoms with Gasteiger partial charge in [0.2, 0.25) is 17.7 Å². The third kappa shape index (κ3) is 5.53. The Labute approximate surface area is 179 Å². The highest BCUT2D eigenvalue weighted by Gasteiger charge is 2.33. The lowest BCUT2D eigenvalue weighted by Crippen LogP contribution is -2.24. The van der Waals surface area contributed by atoms with E-state index in [0.29, 0.717) is 44.1 Å². The fourth-order valence-corrected chi connectivity index (χ4v) is 3.58. The molecule has 4 rings (SSSR count). The molecule has 1 N–H and O–H groups in total. The Hall–Kier alpha value is -3.55. The van der Waals surface area contributed by atoms with Gasteiger partial charge < -0.3 is 14.7 Å². The first-order valence-corrected chi connectivity index (χ1v) is 10.2. The van der Waals surface area contributed by atoms with Gasteiger partial charge in [0.25, 0.3) is 0 Å². The Balaban J connectivity index is 1.26. The van der Waals surface area contributed by atoms with Crippen LogP contribution < -0.4 is 5.32 Å². The number of likely N-dealkylation sites (tertiary alicyclic amines) is 1. The van der Waals surface area contributed by atoms with E-state index in [4.69, 9.17) is 4.52 Å². The number of amides is 2. The average molecular weight is 422 g/mol. The minimum atomic E-state index is -0.305. The maximum absolute atomic E-state index is 13.1. The molecule has 1 saturated heterocycles. The fourth-order valence-electron chi connectivity index (χ4n) is 3.58. The molecule has 0 spiro atoms. The van der Waals surface area contributed by atoms with Crippen LogP contribution in [-0.4, -0.2) is 33.4 Å². The Bertz CT molecular complexity index is 1040. The molecule has 0 saturated carbocycles. The fraction of sp³-hybridized carbons (Fsp3) is 0.304. The molecule has 1 aliphatic rings. The van der Waals surface area contributed by atoms with Gasteiger partial charge in [-0.3, -0.25) is 9.59 Å². The first-order valence-electron chi connectivity index (χ1n) is 10.2. The number of aromatic nitrogens is 2. The Kier molecular flexibility index (Phi) is 6.35. The van der Waals surface area contributed by atoms with Gasteiger partial charge >= 0.3 is 0 Å². The molecular weight excluding hydrogens is 399 g/mol. The molecule has 1 aliphatic heterocycles. The van der Waals surface area contributed by atoms with Gasteiger partial charge in [-0.2, -0.15) is 4.98 Å². The summed E-state index contributed by atoms with van der Waals surface area (Å²) >= 11 is 0. The summed E-state index contributed by atoms with van der Waals surface area (Å²) in [5.41, 5.74) is 1.97. The van der Waals surface area contributed by atoms with Crippen molar-refractivity contribution in [3.05, 3.63) is 83.3 Å². The normalized spacial score (nSPS) is 16.0. The van der Waals surface area contributed by atoms with Gasteiger partial charge in [0.1, 0.15) is 5.82 Å². The van der Waals surface area contributed by atoms with E-state index in [1.54, 1.807) is 17.0 Å². The van der Waals surface area contributed by atoms with Crippen molar-refractivity contribution in [1.29, 1.82) is 0 Å². The zero-order valence-electron chi connectivity index (χ0n) is 17.0. The quantitative estimate of drug-likeness (QED) is 0.603. The molecule has 8 heteroatoms. The van der Waals surface area contributed by atoms with Crippen molar-refractivity contribution in [3.8, 4) is 0 Å². The predicted molar refractivity (Wildman–Crippen MR) is 110 cm³/mol. The number of benzene rings is 2. The van der Waals surface area contributed by atoms with Crippen LogP contribution >= 0.6 is 0 Å². The van der Waals surface area contributed by atoms with Crippen LogP contribution in [0.3, 0.4) is 0 Å². The summed E-state index contributed by atoms with van der Waals surface area (Å²) in [5.74, 6) is 0.205. The van der Waals surface area contributed by atoms with Crippen LogP contribution in [0, 0.1) is 5.82 Å². The van der Waals surface area contributed by atoms with Crippen molar-refractivity contribution in [2.45, 2.75) is 38.3 Å². The number of hydrogen-bond donors (Lipinski definition) is 1. The average Bonchev–Trinajstić information content (AvgIpc) is 3.40. The maximum Gasteiger partial charge on any atom is 0.246 e. The molecule has 1 aromatic heterocycles. The van der Waals surface area contributed by atoms with Crippen LogP contribution in [0.25, 0.3) is 0 Å². The van der Waals surface area contributed by atoms with E-state index in [2.05, 4.69) is 15.5 Å². The third-order valence-electron chi connectivity index (χ3n) is 5.27. The zero-order chi connectivity index (χ0) is 21.6. The molecule has 31 heavy (non-hydrogen) atoms. The van der Waals surface area contributed by atoms with E-state index in [0.717, 1.165) is 11.1 Å². The number of aryl methyl sites for hydroxylation is 1. The van der Waals surface area contributed by atoms with Crippen LogP contribution in [0.5, 0.6) is 0 Å². The summed E-state index contributed by atoms with van der Waals surface area (Å²) < 4.78 is 18.3. The molecule has 1 fully saturated rings. The van der Waals surface area contributed by atoms with Crippen molar-refractivity contribution < 1.29 is 18.5 Å². The molecule has 7 nitrogen and oxygen atoms in total. The minimum absolute atomic E-state index is 0.00473. The predicted octanol–water partition coefficient (Wildman–Crippen LogP) is 2.97. The topological polar surface area (TPSA) is 88.3 Å². The number of carbonyl (C=O) groups is 2. The van der Waals surface area contributed by atoms with Gasteiger partial charge in [0, 0.05) is 31.8 Å². The second-order valence-electron chi connectivity index (χ2n) is 7.61. The van der Waals surface area contributed by atoms with Crippen molar-refractivity contribution >= 4 is 11.8 Å². The van der Waals surface area contributed by atoms with E-state index in [1.165, 1.54) is 12.1 Å². The lowest BCUT2D eigenvalue weighted by Gasteiger charge is -2.16. The van der Waals surface area contributed by atoms with E-state index >= 15 is 0 Å². The number of hydrogen-bond acceptors (Lipinski definition) is 5. The lowest BCUT2D eigenvalue weighted by atomic mass is 10.1. The van der Waals surface area contributed by atoms with Crippen LogP contribution in [0.2, 0.25) is 0 Å². The lowest BCUT2D eigenvalue weighted by molar-refractivity contribution is -0.128. The summed E-state index contributed by atoms with van der Waals surface area (Å²) in [4.78, 5) is 30.5. The Morgan fingerprint density at radius 2 is 1.90 bits per heavy atom. The number of halogens is 1. The van der Waals surface area contributed by atoms with Crippen LogP contribution in [0.15, 0.2) is 59.1 Å². The monoisotopic (exact) mass is 422 g/mol. The van der Waals surface area contributed by atoms with Gasteiger partial charge in [-0.15, -0.1) is 0 Å². The molecular formula is C23H23FN4O3. The van der Waals surface area contributed by atoms with Crippen LogP contribution in [-0.2, 0) is 29.1 Å². The van der Waals surface area contributed by atoms with Crippen LogP contribution in [0.1, 0.15) is 41.6 Å². The van der Waals surface area contributed by atoms with E-state index in [1.807, 2.05) is 30.3 Å². The molecule has 0 radical (unpaired) electrons. The molecule has 2 aromatic carbocycles. The van der Waals surface area contributed by atoms with Gasteiger partial charge in [-0.05, 0) is 29.7 Å². The molecule has 2 amide bonds. The van der Waals surface area contributed by atoms with Gasteiger partial charge in [0.05, 0.1) is 6.54 Å². The number of nitrogens with zero attached hydrogens (tertiary/aromatic N) is 3. The van der Waals surface area contributed by atoms with E-state index < -0.39 is 0 Å².